The third-order valence-corrected chi connectivity index (χ3v) is 3.93. The second kappa shape index (κ2) is 8.71. The number of benzene rings is 1. The summed E-state index contributed by atoms with van der Waals surface area (Å²) in [6.45, 7) is 9.04. The Bertz CT molecular complexity index is 437. The summed E-state index contributed by atoms with van der Waals surface area (Å²) < 4.78 is 0. The quantitative estimate of drug-likeness (QED) is 0.729. The molecule has 1 rings (SSSR count). The Morgan fingerprint density at radius 1 is 1.14 bits per heavy atom. The van der Waals surface area contributed by atoms with Gasteiger partial charge >= 0.3 is 0 Å². The van der Waals surface area contributed by atoms with E-state index in [4.69, 9.17) is 5.73 Å². The second-order valence-corrected chi connectivity index (χ2v) is 6.03. The van der Waals surface area contributed by atoms with Crippen LogP contribution < -0.4 is 5.73 Å². The van der Waals surface area contributed by atoms with Crippen molar-refractivity contribution in [3.05, 3.63) is 29.8 Å². The summed E-state index contributed by atoms with van der Waals surface area (Å²) in [5.41, 5.74) is 7.82. The van der Waals surface area contributed by atoms with Gasteiger partial charge in [0.1, 0.15) is 0 Å². The lowest BCUT2D eigenvalue weighted by atomic mass is 9.95. The van der Waals surface area contributed by atoms with Crippen molar-refractivity contribution in [2.45, 2.75) is 66.0 Å². The van der Waals surface area contributed by atoms with Gasteiger partial charge in [-0.15, -0.1) is 0 Å². The predicted molar refractivity (Wildman–Crippen MR) is 89.8 cm³/mol. The number of carbonyl (C=O) groups excluding carboxylic acids is 1. The van der Waals surface area contributed by atoms with Crippen LogP contribution in [0.4, 0.5) is 5.69 Å². The molecular weight excluding hydrogens is 260 g/mol. The number of nitrogens with zero attached hydrogens (tertiary/aromatic N) is 1. The summed E-state index contributed by atoms with van der Waals surface area (Å²) in [5, 5.41) is 0. The van der Waals surface area contributed by atoms with E-state index in [9.17, 15) is 4.79 Å². The molecule has 1 amide bonds. The van der Waals surface area contributed by atoms with E-state index in [-0.39, 0.29) is 17.9 Å². The molecular formula is C18H30N2O. The topological polar surface area (TPSA) is 46.3 Å². The lowest BCUT2D eigenvalue weighted by Crippen LogP contribution is -2.40. The van der Waals surface area contributed by atoms with Gasteiger partial charge in [0.2, 0.25) is 5.91 Å². The molecule has 0 unspecified atom stereocenters. The minimum atomic E-state index is 0.146. The van der Waals surface area contributed by atoms with Gasteiger partial charge in [-0.3, -0.25) is 4.79 Å². The number of amides is 1. The maximum atomic E-state index is 12.9. The smallest absolute Gasteiger partial charge is 0.226 e. The van der Waals surface area contributed by atoms with Crippen molar-refractivity contribution in [1.29, 1.82) is 0 Å². The van der Waals surface area contributed by atoms with Gasteiger partial charge in [-0.2, -0.15) is 0 Å². The van der Waals surface area contributed by atoms with E-state index in [1.54, 1.807) is 0 Å². The first kappa shape index (κ1) is 17.5. The minimum Gasteiger partial charge on any atom is -0.398 e. The third-order valence-electron chi connectivity index (χ3n) is 3.93. The number of hydrogen-bond donors (Lipinski definition) is 1. The molecule has 21 heavy (non-hydrogen) atoms. The van der Waals surface area contributed by atoms with Crippen LogP contribution in [0.25, 0.3) is 0 Å². The molecule has 0 aliphatic heterocycles. The van der Waals surface area contributed by atoms with Gasteiger partial charge in [-0.05, 0) is 38.3 Å². The SMILES string of the molecule is CCCC(CCC)C(=O)N(Cc1ccccc1N)C(C)C. The van der Waals surface area contributed by atoms with Crippen LogP contribution in [-0.4, -0.2) is 16.8 Å². The fourth-order valence-corrected chi connectivity index (χ4v) is 2.70. The number of nitrogens with two attached hydrogens (primary N) is 1. The molecule has 0 aliphatic carbocycles. The predicted octanol–water partition coefficient (Wildman–Crippen LogP) is 4.22. The van der Waals surface area contributed by atoms with Gasteiger partial charge < -0.3 is 10.6 Å². The molecule has 3 nitrogen and oxygen atoms in total. The molecule has 0 aromatic heterocycles. The normalized spacial score (nSPS) is 11.1. The molecule has 0 saturated heterocycles. The molecule has 0 bridgehead atoms. The van der Waals surface area contributed by atoms with Crippen molar-refractivity contribution in [2.75, 3.05) is 5.73 Å². The summed E-state index contributed by atoms with van der Waals surface area (Å²) in [7, 11) is 0. The highest BCUT2D eigenvalue weighted by molar-refractivity contribution is 5.79. The maximum Gasteiger partial charge on any atom is 0.226 e. The number of rotatable bonds is 8. The summed E-state index contributed by atoms with van der Waals surface area (Å²) in [4.78, 5) is 14.8. The number of nitrogen functional groups attached to an aromatic ring is 1. The van der Waals surface area contributed by atoms with E-state index >= 15 is 0 Å². The van der Waals surface area contributed by atoms with Crippen LogP contribution in [0.15, 0.2) is 24.3 Å². The van der Waals surface area contributed by atoms with E-state index in [0.29, 0.717) is 6.54 Å². The van der Waals surface area contributed by atoms with Crippen LogP contribution in [0.2, 0.25) is 0 Å². The Morgan fingerprint density at radius 3 is 2.19 bits per heavy atom. The zero-order valence-electron chi connectivity index (χ0n) is 13.9. The van der Waals surface area contributed by atoms with Crippen molar-refractivity contribution < 1.29 is 4.79 Å². The van der Waals surface area contributed by atoms with Gasteiger partial charge in [0.25, 0.3) is 0 Å². The van der Waals surface area contributed by atoms with E-state index in [2.05, 4.69) is 27.7 Å². The molecule has 0 heterocycles. The van der Waals surface area contributed by atoms with Crippen LogP contribution in [0.5, 0.6) is 0 Å². The van der Waals surface area contributed by atoms with Crippen molar-refractivity contribution in [2.24, 2.45) is 5.92 Å². The monoisotopic (exact) mass is 290 g/mol. The van der Waals surface area contributed by atoms with E-state index in [0.717, 1.165) is 36.9 Å². The first-order valence-electron chi connectivity index (χ1n) is 8.15. The number of carbonyl (C=O) groups is 1. The van der Waals surface area contributed by atoms with E-state index in [1.807, 2.05) is 29.2 Å². The molecule has 0 saturated carbocycles. The fourth-order valence-electron chi connectivity index (χ4n) is 2.70. The number of anilines is 1. The number of para-hydroxylation sites is 1. The first-order valence-corrected chi connectivity index (χ1v) is 8.15. The lowest BCUT2D eigenvalue weighted by molar-refractivity contribution is -0.138. The van der Waals surface area contributed by atoms with Crippen molar-refractivity contribution in [3.63, 3.8) is 0 Å². The molecule has 3 heteroatoms. The highest BCUT2D eigenvalue weighted by Crippen LogP contribution is 2.22. The molecule has 2 N–H and O–H groups in total. The molecule has 0 aliphatic rings. The fraction of sp³-hybridized carbons (Fsp3) is 0.611. The van der Waals surface area contributed by atoms with Crippen LogP contribution in [0.3, 0.4) is 0 Å². The Hall–Kier alpha value is -1.51. The van der Waals surface area contributed by atoms with Crippen LogP contribution in [-0.2, 0) is 11.3 Å². The van der Waals surface area contributed by atoms with Crippen LogP contribution in [0, 0.1) is 5.92 Å². The standard InChI is InChI=1S/C18H30N2O/c1-5-9-15(10-6-2)18(21)20(14(3)4)13-16-11-7-8-12-17(16)19/h7-8,11-12,14-15H,5-6,9-10,13,19H2,1-4H3. The zero-order valence-corrected chi connectivity index (χ0v) is 13.9. The minimum absolute atomic E-state index is 0.146. The Balaban J connectivity index is 2.90. The molecule has 1 aromatic carbocycles. The lowest BCUT2D eigenvalue weighted by Gasteiger charge is -2.31. The van der Waals surface area contributed by atoms with Gasteiger partial charge in [-0.25, -0.2) is 0 Å². The summed E-state index contributed by atoms with van der Waals surface area (Å²) >= 11 is 0. The highest BCUT2D eigenvalue weighted by Gasteiger charge is 2.25. The summed E-state index contributed by atoms with van der Waals surface area (Å²) in [5.74, 6) is 0.421. The Kier molecular flexibility index (Phi) is 7.27. The van der Waals surface area contributed by atoms with Crippen molar-refractivity contribution in [3.8, 4) is 0 Å². The molecule has 0 atom stereocenters. The molecule has 0 fully saturated rings. The average Bonchev–Trinajstić information content (AvgIpc) is 2.45. The largest absolute Gasteiger partial charge is 0.398 e. The Morgan fingerprint density at radius 2 is 1.71 bits per heavy atom. The van der Waals surface area contributed by atoms with Gasteiger partial charge in [-0.1, -0.05) is 44.9 Å². The van der Waals surface area contributed by atoms with Crippen molar-refractivity contribution >= 4 is 11.6 Å². The molecule has 1 aromatic rings. The average molecular weight is 290 g/mol. The zero-order chi connectivity index (χ0) is 15.8. The third kappa shape index (κ3) is 5.07. The highest BCUT2D eigenvalue weighted by atomic mass is 16.2. The van der Waals surface area contributed by atoms with Gasteiger partial charge in [0, 0.05) is 24.2 Å². The number of hydrogen-bond acceptors (Lipinski definition) is 2. The van der Waals surface area contributed by atoms with E-state index in [1.165, 1.54) is 0 Å². The molecule has 118 valence electrons. The van der Waals surface area contributed by atoms with Crippen LogP contribution >= 0.6 is 0 Å². The maximum absolute atomic E-state index is 12.9. The van der Waals surface area contributed by atoms with Crippen LogP contribution in [0.1, 0.15) is 58.9 Å². The van der Waals surface area contributed by atoms with Crippen molar-refractivity contribution in [1.82, 2.24) is 4.90 Å². The molecule has 0 spiro atoms. The second-order valence-electron chi connectivity index (χ2n) is 6.03. The van der Waals surface area contributed by atoms with Gasteiger partial charge in [0.15, 0.2) is 0 Å². The summed E-state index contributed by atoms with van der Waals surface area (Å²) in [6.07, 6.45) is 4.05. The van der Waals surface area contributed by atoms with Gasteiger partial charge in [0.05, 0.1) is 0 Å². The van der Waals surface area contributed by atoms with E-state index < -0.39 is 0 Å². The summed E-state index contributed by atoms with van der Waals surface area (Å²) in [6, 6.07) is 8.00. The Labute approximate surface area is 129 Å². The first-order chi connectivity index (χ1) is 10.0. The molecule has 0 radical (unpaired) electrons.